The molecule has 1 aromatic rings. The van der Waals surface area contributed by atoms with Crippen molar-refractivity contribution >= 4 is 11.1 Å². The Bertz CT molecular complexity index is 297. The van der Waals surface area contributed by atoms with Crippen molar-refractivity contribution in [3.63, 3.8) is 0 Å². The Morgan fingerprint density at radius 1 is 1.46 bits per heavy atom. The number of aryl methyl sites for hydroxylation is 1. The van der Waals surface area contributed by atoms with E-state index in [9.17, 15) is 8.76 Å². The highest BCUT2D eigenvalue weighted by molar-refractivity contribution is 7.79. The Labute approximate surface area is 81.3 Å². The first-order valence-electron chi connectivity index (χ1n) is 4.42. The highest BCUT2D eigenvalue weighted by Crippen LogP contribution is 2.10. The molecule has 1 atom stereocenters. The zero-order chi connectivity index (χ0) is 9.68. The van der Waals surface area contributed by atoms with Crippen LogP contribution >= 0.6 is 0 Å². The molecular formula is C10H13O2S-. The Balaban J connectivity index is 2.73. The molecule has 1 rings (SSSR count). The maximum absolute atomic E-state index is 10.6. The summed E-state index contributed by atoms with van der Waals surface area (Å²) in [7, 11) is 0. The zero-order valence-electron chi connectivity index (χ0n) is 7.66. The van der Waals surface area contributed by atoms with E-state index in [1.54, 1.807) is 18.2 Å². The Morgan fingerprint density at radius 3 is 2.85 bits per heavy atom. The minimum atomic E-state index is -2.09. The second-order valence-corrected chi connectivity index (χ2v) is 3.93. The molecule has 0 spiro atoms. The van der Waals surface area contributed by atoms with E-state index in [-0.39, 0.29) is 0 Å². The smallest absolute Gasteiger partial charge is 0.0251 e. The molecule has 2 nitrogen and oxygen atoms in total. The molecule has 0 aliphatic carbocycles. The number of hydrogen-bond donors (Lipinski definition) is 0. The molecule has 0 amide bonds. The van der Waals surface area contributed by atoms with Crippen LogP contribution in [0.15, 0.2) is 29.2 Å². The molecule has 0 saturated carbocycles. The summed E-state index contributed by atoms with van der Waals surface area (Å²) in [6.45, 7) is 2.12. The van der Waals surface area contributed by atoms with E-state index in [1.165, 1.54) is 0 Å². The maximum Gasteiger partial charge on any atom is 0.0251 e. The highest BCUT2D eigenvalue weighted by atomic mass is 32.2. The fraction of sp³-hybridized carbons (Fsp3) is 0.400. The van der Waals surface area contributed by atoms with Crippen molar-refractivity contribution in [2.75, 3.05) is 0 Å². The summed E-state index contributed by atoms with van der Waals surface area (Å²) in [5.74, 6) is 0. The standard InChI is InChI=1S/C10H14O2S/c1-2-3-5-9-6-4-7-10(8-9)13(11)12/h4,6-8H,2-3,5H2,1H3,(H,11,12)/p-1. The fourth-order valence-corrected chi connectivity index (χ4v) is 1.62. The average Bonchev–Trinajstić information content (AvgIpc) is 2.15. The van der Waals surface area contributed by atoms with Crippen molar-refractivity contribution < 1.29 is 8.76 Å². The SMILES string of the molecule is CCCCc1cccc(S(=O)[O-])c1. The van der Waals surface area contributed by atoms with Crippen LogP contribution in [0.3, 0.4) is 0 Å². The second kappa shape index (κ2) is 5.14. The highest BCUT2D eigenvalue weighted by Gasteiger charge is 1.95. The van der Waals surface area contributed by atoms with E-state index in [1.807, 2.05) is 6.07 Å². The molecule has 0 fully saturated rings. The molecular weight excluding hydrogens is 184 g/mol. The third-order valence-corrected chi connectivity index (χ3v) is 2.55. The molecule has 0 saturated heterocycles. The van der Waals surface area contributed by atoms with E-state index in [2.05, 4.69) is 6.92 Å². The molecule has 0 aromatic heterocycles. The number of benzene rings is 1. The predicted molar refractivity (Wildman–Crippen MR) is 52.2 cm³/mol. The summed E-state index contributed by atoms with van der Waals surface area (Å²) in [5, 5.41) is 0. The quantitative estimate of drug-likeness (QED) is 0.695. The lowest BCUT2D eigenvalue weighted by Gasteiger charge is -2.06. The molecule has 3 heteroatoms. The van der Waals surface area contributed by atoms with Gasteiger partial charge in [-0.05, 0) is 41.6 Å². The van der Waals surface area contributed by atoms with Crippen LogP contribution in [0.4, 0.5) is 0 Å². The van der Waals surface area contributed by atoms with Crippen molar-refractivity contribution in [1.29, 1.82) is 0 Å². The molecule has 72 valence electrons. The van der Waals surface area contributed by atoms with E-state index in [0.29, 0.717) is 4.90 Å². The van der Waals surface area contributed by atoms with E-state index in [0.717, 1.165) is 24.8 Å². The van der Waals surface area contributed by atoms with Gasteiger partial charge in [0.05, 0.1) is 0 Å². The second-order valence-electron chi connectivity index (χ2n) is 2.99. The molecule has 0 aliphatic heterocycles. The molecule has 0 heterocycles. The summed E-state index contributed by atoms with van der Waals surface area (Å²) in [4.78, 5) is 0.383. The molecule has 0 bridgehead atoms. The number of hydrogen-bond acceptors (Lipinski definition) is 2. The van der Waals surface area contributed by atoms with Gasteiger partial charge in [0.1, 0.15) is 0 Å². The van der Waals surface area contributed by atoms with Crippen LogP contribution < -0.4 is 0 Å². The average molecular weight is 197 g/mol. The Hall–Kier alpha value is -0.670. The largest absolute Gasteiger partial charge is 0.768 e. The van der Waals surface area contributed by atoms with Gasteiger partial charge in [-0.15, -0.1) is 0 Å². The van der Waals surface area contributed by atoms with Crippen LogP contribution in [0.1, 0.15) is 25.3 Å². The van der Waals surface area contributed by atoms with Gasteiger partial charge in [0.15, 0.2) is 0 Å². The summed E-state index contributed by atoms with van der Waals surface area (Å²) < 4.78 is 21.3. The lowest BCUT2D eigenvalue weighted by molar-refractivity contribution is 0.537. The topological polar surface area (TPSA) is 40.1 Å². The van der Waals surface area contributed by atoms with Crippen LogP contribution in [0, 0.1) is 0 Å². The first kappa shape index (κ1) is 10.4. The minimum Gasteiger partial charge on any atom is -0.768 e. The van der Waals surface area contributed by atoms with E-state index in [4.69, 9.17) is 0 Å². The molecule has 1 aromatic carbocycles. The zero-order valence-corrected chi connectivity index (χ0v) is 8.47. The van der Waals surface area contributed by atoms with Crippen molar-refractivity contribution in [3.8, 4) is 0 Å². The predicted octanol–water partition coefficient (Wildman–Crippen LogP) is 2.27. The lowest BCUT2D eigenvalue weighted by atomic mass is 10.1. The first-order valence-corrected chi connectivity index (χ1v) is 5.49. The van der Waals surface area contributed by atoms with Crippen LogP contribution in [-0.2, 0) is 17.5 Å². The summed E-state index contributed by atoms with van der Waals surface area (Å²) in [6.07, 6.45) is 3.20. The van der Waals surface area contributed by atoms with Gasteiger partial charge in [-0.1, -0.05) is 25.5 Å². The van der Waals surface area contributed by atoms with Crippen molar-refractivity contribution in [3.05, 3.63) is 29.8 Å². The van der Waals surface area contributed by atoms with Crippen molar-refractivity contribution in [1.82, 2.24) is 0 Å². The van der Waals surface area contributed by atoms with Gasteiger partial charge in [0, 0.05) is 4.90 Å². The van der Waals surface area contributed by atoms with Gasteiger partial charge < -0.3 is 4.55 Å². The third kappa shape index (κ3) is 3.28. The molecule has 1 unspecified atom stereocenters. The van der Waals surface area contributed by atoms with Crippen LogP contribution in [0.2, 0.25) is 0 Å². The third-order valence-electron chi connectivity index (χ3n) is 1.91. The van der Waals surface area contributed by atoms with Crippen molar-refractivity contribution in [2.24, 2.45) is 0 Å². The van der Waals surface area contributed by atoms with Gasteiger partial charge >= 0.3 is 0 Å². The van der Waals surface area contributed by atoms with Crippen LogP contribution in [-0.4, -0.2) is 8.76 Å². The van der Waals surface area contributed by atoms with Crippen LogP contribution in [0.5, 0.6) is 0 Å². The van der Waals surface area contributed by atoms with Gasteiger partial charge in [-0.3, -0.25) is 4.21 Å². The fourth-order valence-electron chi connectivity index (χ4n) is 1.19. The van der Waals surface area contributed by atoms with E-state index < -0.39 is 11.1 Å². The number of unbranched alkanes of at least 4 members (excludes halogenated alkanes) is 1. The van der Waals surface area contributed by atoms with Gasteiger partial charge in [0.25, 0.3) is 0 Å². The van der Waals surface area contributed by atoms with Gasteiger partial charge in [0.2, 0.25) is 0 Å². The monoisotopic (exact) mass is 197 g/mol. The van der Waals surface area contributed by atoms with Crippen molar-refractivity contribution in [2.45, 2.75) is 31.1 Å². The molecule has 13 heavy (non-hydrogen) atoms. The maximum atomic E-state index is 10.6. The van der Waals surface area contributed by atoms with Gasteiger partial charge in [-0.25, -0.2) is 0 Å². The summed E-state index contributed by atoms with van der Waals surface area (Å²) in [6, 6.07) is 7.10. The molecule has 0 aliphatic rings. The summed E-state index contributed by atoms with van der Waals surface area (Å²) in [5.41, 5.74) is 1.10. The normalized spacial score (nSPS) is 12.8. The van der Waals surface area contributed by atoms with Gasteiger partial charge in [-0.2, -0.15) is 0 Å². The number of rotatable bonds is 4. The lowest BCUT2D eigenvalue weighted by Crippen LogP contribution is -1.91. The first-order chi connectivity index (χ1) is 6.24. The molecule has 0 radical (unpaired) electrons. The Morgan fingerprint density at radius 2 is 2.23 bits per heavy atom. The molecule has 0 N–H and O–H groups in total. The Kier molecular flexibility index (Phi) is 4.12. The van der Waals surface area contributed by atoms with E-state index >= 15 is 0 Å². The summed E-state index contributed by atoms with van der Waals surface area (Å²) >= 11 is -2.09. The van der Waals surface area contributed by atoms with Crippen LogP contribution in [0.25, 0.3) is 0 Å². The minimum absolute atomic E-state index is 0.383.